The summed E-state index contributed by atoms with van der Waals surface area (Å²) in [5.41, 5.74) is 1.37. The molecule has 0 unspecified atom stereocenters. The van der Waals surface area contributed by atoms with E-state index >= 15 is 0 Å². The second-order valence-electron chi connectivity index (χ2n) is 6.10. The molecule has 1 N–H and O–H groups in total. The van der Waals surface area contributed by atoms with Crippen molar-refractivity contribution in [3.8, 4) is 0 Å². The van der Waals surface area contributed by atoms with Crippen molar-refractivity contribution in [1.29, 1.82) is 0 Å². The highest BCUT2D eigenvalue weighted by atomic mass is 32.2. The molecule has 6 nitrogen and oxygen atoms in total. The van der Waals surface area contributed by atoms with E-state index in [9.17, 15) is 13.2 Å². The molecule has 1 aromatic heterocycles. The van der Waals surface area contributed by atoms with Gasteiger partial charge in [-0.3, -0.25) is 9.78 Å². The number of benzene rings is 1. The number of hydrogen-bond acceptors (Lipinski definition) is 4. The quantitative estimate of drug-likeness (QED) is 0.819. The number of nitrogens with one attached hydrogen (secondary N) is 1. The van der Waals surface area contributed by atoms with Gasteiger partial charge in [0.1, 0.15) is 0 Å². The molecule has 0 saturated heterocycles. The van der Waals surface area contributed by atoms with E-state index in [1.54, 1.807) is 32.0 Å². The lowest BCUT2D eigenvalue weighted by Crippen LogP contribution is -2.30. The van der Waals surface area contributed by atoms with Crippen LogP contribution in [0.15, 0.2) is 53.6 Å². The predicted molar refractivity (Wildman–Crippen MR) is 96.8 cm³/mol. The number of aromatic nitrogens is 1. The summed E-state index contributed by atoms with van der Waals surface area (Å²) in [7, 11) is -1.83. The lowest BCUT2D eigenvalue weighted by Gasteiger charge is -2.17. The molecule has 0 fully saturated rings. The molecule has 0 aliphatic heterocycles. The van der Waals surface area contributed by atoms with Crippen LogP contribution in [0.5, 0.6) is 0 Å². The van der Waals surface area contributed by atoms with Gasteiger partial charge in [-0.1, -0.05) is 6.07 Å². The number of pyridine rings is 1. The first kappa shape index (κ1) is 19.1. The summed E-state index contributed by atoms with van der Waals surface area (Å²) in [6.45, 7) is 4.04. The number of carbonyl (C=O) groups excluding carboxylic acids is 1. The third-order valence-electron chi connectivity index (χ3n) is 3.58. The normalized spacial score (nSPS) is 11.5. The van der Waals surface area contributed by atoms with Crippen molar-refractivity contribution < 1.29 is 13.2 Å². The van der Waals surface area contributed by atoms with Crippen LogP contribution in [0.3, 0.4) is 0 Å². The minimum atomic E-state index is -3.55. The second kappa shape index (κ2) is 8.22. The molecule has 0 atom stereocenters. The zero-order chi connectivity index (χ0) is 18.4. The SMILES string of the molecule is CC(C)NS(=O)(=O)c1ccc(C(=O)N(C)CCc2ccccn2)cc1. The third-order valence-corrected chi connectivity index (χ3v) is 5.25. The van der Waals surface area contributed by atoms with E-state index in [2.05, 4.69) is 9.71 Å². The first-order chi connectivity index (χ1) is 11.8. The number of sulfonamides is 1. The van der Waals surface area contributed by atoms with Crippen LogP contribution >= 0.6 is 0 Å². The van der Waals surface area contributed by atoms with E-state index in [1.165, 1.54) is 24.3 Å². The van der Waals surface area contributed by atoms with Crippen LogP contribution in [-0.4, -0.2) is 43.8 Å². The molecular weight excluding hydrogens is 338 g/mol. The van der Waals surface area contributed by atoms with Crippen LogP contribution in [-0.2, 0) is 16.4 Å². The van der Waals surface area contributed by atoms with Crippen molar-refractivity contribution in [3.63, 3.8) is 0 Å². The highest BCUT2D eigenvalue weighted by Gasteiger charge is 2.17. The maximum absolute atomic E-state index is 12.4. The Balaban J connectivity index is 2.02. The molecule has 2 rings (SSSR count). The topological polar surface area (TPSA) is 79.4 Å². The average Bonchev–Trinajstić information content (AvgIpc) is 2.59. The van der Waals surface area contributed by atoms with Crippen molar-refractivity contribution >= 4 is 15.9 Å². The minimum Gasteiger partial charge on any atom is -0.341 e. The van der Waals surface area contributed by atoms with Crippen LogP contribution in [0.2, 0.25) is 0 Å². The first-order valence-electron chi connectivity index (χ1n) is 8.07. The van der Waals surface area contributed by atoms with E-state index < -0.39 is 10.0 Å². The van der Waals surface area contributed by atoms with Gasteiger partial charge in [-0.25, -0.2) is 13.1 Å². The van der Waals surface area contributed by atoms with Crippen LogP contribution in [0.1, 0.15) is 29.9 Å². The summed E-state index contributed by atoms with van der Waals surface area (Å²) in [5.74, 6) is -0.156. The van der Waals surface area contributed by atoms with Crippen molar-refractivity contribution in [3.05, 3.63) is 59.9 Å². The van der Waals surface area contributed by atoms with Crippen LogP contribution in [0, 0.1) is 0 Å². The van der Waals surface area contributed by atoms with Gasteiger partial charge in [0.15, 0.2) is 0 Å². The number of nitrogens with zero attached hydrogens (tertiary/aromatic N) is 2. The molecule has 25 heavy (non-hydrogen) atoms. The van der Waals surface area contributed by atoms with Crippen LogP contribution < -0.4 is 4.72 Å². The minimum absolute atomic E-state index is 0.147. The third kappa shape index (κ3) is 5.37. The molecule has 0 spiro atoms. The molecule has 1 amide bonds. The molecule has 2 aromatic rings. The number of likely N-dealkylation sites (N-methyl/N-ethyl adjacent to an activating group) is 1. The molecular formula is C18H23N3O3S. The molecule has 0 aliphatic rings. The molecule has 0 aliphatic carbocycles. The molecule has 1 heterocycles. The van der Waals surface area contributed by atoms with E-state index in [-0.39, 0.29) is 16.8 Å². The number of hydrogen-bond donors (Lipinski definition) is 1. The van der Waals surface area contributed by atoms with Crippen molar-refractivity contribution in [2.24, 2.45) is 0 Å². The fraction of sp³-hybridized carbons (Fsp3) is 0.333. The van der Waals surface area contributed by atoms with E-state index in [0.29, 0.717) is 18.5 Å². The maximum Gasteiger partial charge on any atom is 0.253 e. The Hall–Kier alpha value is -2.25. The summed E-state index contributed by atoms with van der Waals surface area (Å²) in [4.78, 5) is 18.4. The number of rotatable bonds is 7. The zero-order valence-corrected chi connectivity index (χ0v) is 15.5. The lowest BCUT2D eigenvalue weighted by atomic mass is 10.2. The number of carbonyl (C=O) groups is 1. The highest BCUT2D eigenvalue weighted by Crippen LogP contribution is 2.12. The van der Waals surface area contributed by atoms with E-state index in [0.717, 1.165) is 5.69 Å². The van der Waals surface area contributed by atoms with Gasteiger partial charge >= 0.3 is 0 Å². The van der Waals surface area contributed by atoms with Gasteiger partial charge in [0.05, 0.1) is 4.90 Å². The van der Waals surface area contributed by atoms with Crippen LogP contribution in [0.25, 0.3) is 0 Å². The summed E-state index contributed by atoms with van der Waals surface area (Å²) < 4.78 is 26.7. The van der Waals surface area contributed by atoms with Gasteiger partial charge in [-0.2, -0.15) is 0 Å². The van der Waals surface area contributed by atoms with Gasteiger partial charge in [-0.05, 0) is 50.2 Å². The Kier molecular flexibility index (Phi) is 6.27. The Labute approximate surface area is 148 Å². The molecule has 0 radical (unpaired) electrons. The van der Waals surface area contributed by atoms with Crippen molar-refractivity contribution in [1.82, 2.24) is 14.6 Å². The van der Waals surface area contributed by atoms with Gasteiger partial charge in [0.25, 0.3) is 5.91 Å². The maximum atomic E-state index is 12.4. The van der Waals surface area contributed by atoms with Crippen molar-refractivity contribution in [2.75, 3.05) is 13.6 Å². The standard InChI is InChI=1S/C18H23N3O3S/c1-14(2)20-25(23,24)17-9-7-15(8-10-17)18(22)21(3)13-11-16-6-4-5-12-19-16/h4-10,12,14,20H,11,13H2,1-3H3. The fourth-order valence-electron chi connectivity index (χ4n) is 2.31. The Morgan fingerprint density at radius 1 is 1.16 bits per heavy atom. The molecule has 0 saturated carbocycles. The summed E-state index contributed by atoms with van der Waals surface area (Å²) in [6, 6.07) is 11.5. The molecule has 1 aromatic carbocycles. The van der Waals surface area contributed by atoms with Gasteiger partial charge in [0, 0.05) is 43.5 Å². The summed E-state index contributed by atoms with van der Waals surface area (Å²) in [5, 5.41) is 0. The Morgan fingerprint density at radius 3 is 2.40 bits per heavy atom. The highest BCUT2D eigenvalue weighted by molar-refractivity contribution is 7.89. The summed E-state index contributed by atoms with van der Waals surface area (Å²) >= 11 is 0. The Morgan fingerprint density at radius 2 is 1.84 bits per heavy atom. The largest absolute Gasteiger partial charge is 0.341 e. The fourth-order valence-corrected chi connectivity index (χ4v) is 3.56. The van der Waals surface area contributed by atoms with Gasteiger partial charge in [0.2, 0.25) is 10.0 Å². The average molecular weight is 361 g/mol. The monoisotopic (exact) mass is 361 g/mol. The molecule has 134 valence electrons. The predicted octanol–water partition coefficient (Wildman–Crippen LogP) is 2.08. The molecule has 0 bridgehead atoms. The second-order valence-corrected chi connectivity index (χ2v) is 7.81. The van der Waals surface area contributed by atoms with Crippen molar-refractivity contribution in [2.45, 2.75) is 31.2 Å². The number of amides is 1. The van der Waals surface area contributed by atoms with Gasteiger partial charge < -0.3 is 4.90 Å². The van der Waals surface area contributed by atoms with Gasteiger partial charge in [-0.15, -0.1) is 0 Å². The smallest absolute Gasteiger partial charge is 0.253 e. The van der Waals surface area contributed by atoms with E-state index in [4.69, 9.17) is 0 Å². The lowest BCUT2D eigenvalue weighted by molar-refractivity contribution is 0.0796. The zero-order valence-electron chi connectivity index (χ0n) is 14.6. The van der Waals surface area contributed by atoms with Crippen LogP contribution in [0.4, 0.5) is 0 Å². The Bertz CT molecular complexity index is 803. The summed E-state index contributed by atoms with van der Waals surface area (Å²) in [6.07, 6.45) is 2.38. The van der Waals surface area contributed by atoms with E-state index in [1.807, 2.05) is 18.2 Å². The molecule has 7 heteroatoms. The first-order valence-corrected chi connectivity index (χ1v) is 9.55.